The molecule has 0 bridgehead atoms. The van der Waals surface area contributed by atoms with Crippen molar-refractivity contribution >= 4 is 11.6 Å². The lowest BCUT2D eigenvalue weighted by molar-refractivity contribution is 0.000638. The average Bonchev–Trinajstić information content (AvgIpc) is 2.36. The van der Waals surface area contributed by atoms with Crippen molar-refractivity contribution in [3.63, 3.8) is 0 Å². The average molecular weight is 266 g/mol. The van der Waals surface area contributed by atoms with Gasteiger partial charge in [-0.15, -0.1) is 0 Å². The van der Waals surface area contributed by atoms with Gasteiger partial charge in [-0.05, 0) is 27.7 Å². The van der Waals surface area contributed by atoms with E-state index in [-0.39, 0.29) is 5.60 Å². The highest BCUT2D eigenvalue weighted by Gasteiger charge is 2.17. The minimum atomic E-state index is -0.204. The predicted octanol–water partition coefficient (Wildman–Crippen LogP) is 2.70. The van der Waals surface area contributed by atoms with Crippen molar-refractivity contribution in [2.24, 2.45) is 0 Å². The molecule has 1 aromatic heterocycles. The number of hydrogen-bond donors (Lipinski definition) is 2. The number of rotatable bonds is 8. The van der Waals surface area contributed by atoms with Gasteiger partial charge in [0.1, 0.15) is 17.5 Å². The highest BCUT2D eigenvalue weighted by Crippen LogP contribution is 2.14. The maximum Gasteiger partial charge on any atom is 0.132 e. The maximum absolute atomic E-state index is 5.66. The molecular weight excluding hydrogens is 240 g/mol. The molecule has 1 heterocycles. The maximum atomic E-state index is 5.66. The van der Waals surface area contributed by atoms with Gasteiger partial charge >= 0.3 is 0 Å². The highest BCUT2D eigenvalue weighted by molar-refractivity contribution is 5.47. The normalized spacial score (nSPS) is 11.4. The molecule has 0 saturated heterocycles. The molecular formula is C14H26N4O. The molecule has 2 N–H and O–H groups in total. The van der Waals surface area contributed by atoms with E-state index in [0.29, 0.717) is 13.2 Å². The molecule has 0 amide bonds. The van der Waals surface area contributed by atoms with Crippen molar-refractivity contribution in [3.05, 3.63) is 11.9 Å². The Hall–Kier alpha value is -1.36. The smallest absolute Gasteiger partial charge is 0.132 e. The van der Waals surface area contributed by atoms with Crippen LogP contribution in [0.15, 0.2) is 6.07 Å². The van der Waals surface area contributed by atoms with E-state index in [1.165, 1.54) is 0 Å². The number of aryl methyl sites for hydroxylation is 1. The lowest BCUT2D eigenvalue weighted by Crippen LogP contribution is -2.33. The molecule has 0 unspecified atom stereocenters. The lowest BCUT2D eigenvalue weighted by atomic mass is 10.1. The van der Waals surface area contributed by atoms with Crippen LogP contribution < -0.4 is 10.6 Å². The fourth-order valence-electron chi connectivity index (χ4n) is 1.76. The van der Waals surface area contributed by atoms with E-state index >= 15 is 0 Å². The fraction of sp³-hybridized carbons (Fsp3) is 0.714. The van der Waals surface area contributed by atoms with Crippen molar-refractivity contribution in [1.29, 1.82) is 0 Å². The monoisotopic (exact) mass is 266 g/mol. The molecule has 108 valence electrons. The number of nitrogens with one attached hydrogen (secondary N) is 2. The van der Waals surface area contributed by atoms with Crippen molar-refractivity contribution < 1.29 is 4.74 Å². The molecule has 0 saturated carbocycles. The molecule has 0 aliphatic heterocycles. The Morgan fingerprint density at radius 1 is 1.11 bits per heavy atom. The van der Waals surface area contributed by atoms with Crippen LogP contribution in [0.25, 0.3) is 0 Å². The zero-order chi connectivity index (χ0) is 14.3. The molecule has 5 heteroatoms. The summed E-state index contributed by atoms with van der Waals surface area (Å²) in [6.45, 7) is 12.5. The Morgan fingerprint density at radius 2 is 1.74 bits per heavy atom. The standard InChI is InChI=1S/C14H26N4O/c1-6-11-17-12(15-7-2)9-13(18-11)16-10-14(4,5)19-8-3/h9H,6-8,10H2,1-5H3,(H2,15,16,17,18). The Balaban J connectivity index is 2.74. The minimum Gasteiger partial charge on any atom is -0.374 e. The molecule has 19 heavy (non-hydrogen) atoms. The summed E-state index contributed by atoms with van der Waals surface area (Å²) in [5.74, 6) is 2.55. The van der Waals surface area contributed by atoms with Gasteiger partial charge in [-0.2, -0.15) is 0 Å². The SMILES string of the molecule is CCNc1cc(NCC(C)(C)OCC)nc(CC)n1. The third-order valence-electron chi connectivity index (χ3n) is 2.68. The number of hydrogen-bond acceptors (Lipinski definition) is 5. The molecule has 0 aliphatic carbocycles. The van der Waals surface area contributed by atoms with Gasteiger partial charge in [0, 0.05) is 32.2 Å². The Bertz CT molecular complexity index is 393. The largest absolute Gasteiger partial charge is 0.374 e. The van der Waals surface area contributed by atoms with Gasteiger partial charge in [0.2, 0.25) is 0 Å². The quantitative estimate of drug-likeness (QED) is 0.757. The number of anilines is 2. The van der Waals surface area contributed by atoms with Crippen LogP contribution in [0.2, 0.25) is 0 Å². The summed E-state index contributed by atoms with van der Waals surface area (Å²) in [6, 6.07) is 1.94. The van der Waals surface area contributed by atoms with Crippen LogP contribution in [-0.2, 0) is 11.2 Å². The van der Waals surface area contributed by atoms with Crippen LogP contribution in [0.1, 0.15) is 40.4 Å². The van der Waals surface area contributed by atoms with Gasteiger partial charge in [-0.25, -0.2) is 9.97 Å². The summed E-state index contributed by atoms with van der Waals surface area (Å²) in [4.78, 5) is 8.91. The first-order valence-corrected chi connectivity index (χ1v) is 7.00. The second-order valence-corrected chi connectivity index (χ2v) is 4.98. The summed E-state index contributed by atoms with van der Waals surface area (Å²) in [7, 11) is 0. The summed E-state index contributed by atoms with van der Waals surface area (Å²) in [5, 5.41) is 6.55. The Morgan fingerprint density at radius 3 is 2.26 bits per heavy atom. The zero-order valence-corrected chi connectivity index (χ0v) is 12.7. The first kappa shape index (κ1) is 15.7. The topological polar surface area (TPSA) is 59.1 Å². The van der Waals surface area contributed by atoms with Crippen LogP contribution in [-0.4, -0.2) is 35.3 Å². The van der Waals surface area contributed by atoms with Crippen LogP contribution in [0.5, 0.6) is 0 Å². The number of ether oxygens (including phenoxy) is 1. The molecule has 0 aliphatic rings. The molecule has 0 atom stereocenters. The highest BCUT2D eigenvalue weighted by atomic mass is 16.5. The fourth-order valence-corrected chi connectivity index (χ4v) is 1.76. The minimum absolute atomic E-state index is 0.204. The molecule has 0 fully saturated rings. The summed E-state index contributed by atoms with van der Waals surface area (Å²) < 4.78 is 5.66. The van der Waals surface area contributed by atoms with Gasteiger partial charge < -0.3 is 15.4 Å². The van der Waals surface area contributed by atoms with Gasteiger partial charge in [-0.3, -0.25) is 0 Å². The molecule has 0 spiro atoms. The molecule has 1 rings (SSSR count). The summed E-state index contributed by atoms with van der Waals surface area (Å²) in [5.41, 5.74) is -0.204. The Kier molecular flexibility index (Phi) is 6.02. The second kappa shape index (κ2) is 7.28. The van der Waals surface area contributed by atoms with Gasteiger partial charge in [-0.1, -0.05) is 6.92 Å². The van der Waals surface area contributed by atoms with Crippen molar-refractivity contribution in [3.8, 4) is 0 Å². The zero-order valence-electron chi connectivity index (χ0n) is 12.7. The third kappa shape index (κ3) is 5.42. The van der Waals surface area contributed by atoms with E-state index in [1.807, 2.05) is 13.0 Å². The van der Waals surface area contributed by atoms with Crippen molar-refractivity contribution in [2.75, 3.05) is 30.3 Å². The van der Waals surface area contributed by atoms with Gasteiger partial charge in [0.05, 0.1) is 5.60 Å². The second-order valence-electron chi connectivity index (χ2n) is 4.98. The third-order valence-corrected chi connectivity index (χ3v) is 2.68. The number of nitrogens with zero attached hydrogens (tertiary/aromatic N) is 2. The first-order chi connectivity index (χ1) is 9.00. The van der Waals surface area contributed by atoms with E-state index in [1.54, 1.807) is 0 Å². The number of aromatic nitrogens is 2. The van der Waals surface area contributed by atoms with Gasteiger partial charge in [0.25, 0.3) is 0 Å². The predicted molar refractivity (Wildman–Crippen MR) is 79.8 cm³/mol. The van der Waals surface area contributed by atoms with Crippen LogP contribution >= 0.6 is 0 Å². The molecule has 5 nitrogen and oxygen atoms in total. The van der Waals surface area contributed by atoms with Crippen molar-refractivity contribution in [2.45, 2.75) is 46.6 Å². The summed E-state index contributed by atoms with van der Waals surface area (Å²) in [6.07, 6.45) is 0.822. The lowest BCUT2D eigenvalue weighted by Gasteiger charge is -2.25. The Labute approximate surface area is 116 Å². The summed E-state index contributed by atoms with van der Waals surface area (Å²) >= 11 is 0. The van der Waals surface area contributed by atoms with E-state index in [2.05, 4.69) is 48.3 Å². The van der Waals surface area contributed by atoms with Crippen LogP contribution in [0, 0.1) is 0 Å². The van der Waals surface area contributed by atoms with Crippen LogP contribution in [0.4, 0.5) is 11.6 Å². The van der Waals surface area contributed by atoms with Gasteiger partial charge in [0.15, 0.2) is 0 Å². The van der Waals surface area contributed by atoms with Crippen molar-refractivity contribution in [1.82, 2.24) is 9.97 Å². The van der Waals surface area contributed by atoms with E-state index < -0.39 is 0 Å². The first-order valence-electron chi connectivity index (χ1n) is 7.00. The van der Waals surface area contributed by atoms with E-state index in [0.717, 1.165) is 30.4 Å². The molecule has 1 aromatic rings. The molecule has 0 aromatic carbocycles. The van der Waals surface area contributed by atoms with Crippen LogP contribution in [0.3, 0.4) is 0 Å². The molecule has 0 radical (unpaired) electrons. The van der Waals surface area contributed by atoms with E-state index in [9.17, 15) is 0 Å². The van der Waals surface area contributed by atoms with E-state index in [4.69, 9.17) is 4.74 Å².